The quantitative estimate of drug-likeness (QED) is 0.868. The summed E-state index contributed by atoms with van der Waals surface area (Å²) in [5.74, 6) is -0.626. The van der Waals surface area contributed by atoms with Crippen molar-refractivity contribution in [3.8, 4) is 11.6 Å². The average molecular weight is 342 g/mol. The van der Waals surface area contributed by atoms with Crippen LogP contribution in [-0.4, -0.2) is 21.0 Å². The second-order valence-electron chi connectivity index (χ2n) is 3.05. The van der Waals surface area contributed by atoms with Gasteiger partial charge >= 0.3 is 5.97 Å². The summed E-state index contributed by atoms with van der Waals surface area (Å²) in [7, 11) is 0. The largest absolute Gasteiger partial charge is 0.476 e. The number of aromatic nitrogens is 2. The summed E-state index contributed by atoms with van der Waals surface area (Å²) in [6.07, 6.45) is 2.70. The van der Waals surface area contributed by atoms with Crippen LogP contribution < -0.4 is 4.74 Å². The van der Waals surface area contributed by atoms with Crippen molar-refractivity contribution in [2.45, 2.75) is 0 Å². The Kier molecular flexibility index (Phi) is 3.52. The average Bonchev–Trinajstić information content (AvgIpc) is 2.32. The first-order chi connectivity index (χ1) is 8.18. The van der Waals surface area contributed by atoms with Gasteiger partial charge in [0.15, 0.2) is 0 Å². The molecular weight excluding hydrogens is 335 g/mol. The molecule has 0 atom stereocenters. The van der Waals surface area contributed by atoms with Crippen molar-refractivity contribution in [3.05, 3.63) is 45.9 Å². The van der Waals surface area contributed by atoms with Crippen LogP contribution in [0.4, 0.5) is 0 Å². The van der Waals surface area contributed by atoms with E-state index >= 15 is 0 Å². The lowest BCUT2D eigenvalue weighted by atomic mass is 10.3. The van der Waals surface area contributed by atoms with Gasteiger partial charge in [0.2, 0.25) is 5.69 Å². The van der Waals surface area contributed by atoms with Crippen LogP contribution in [0, 0.1) is 3.57 Å². The van der Waals surface area contributed by atoms with Crippen LogP contribution in [0.1, 0.15) is 10.5 Å². The first-order valence-electron chi connectivity index (χ1n) is 4.65. The number of aromatic carboxylic acids is 1. The van der Waals surface area contributed by atoms with Crippen LogP contribution in [0.5, 0.6) is 11.6 Å². The van der Waals surface area contributed by atoms with Gasteiger partial charge in [-0.3, -0.25) is 0 Å². The third kappa shape index (κ3) is 2.70. The van der Waals surface area contributed by atoms with E-state index in [9.17, 15) is 4.79 Å². The van der Waals surface area contributed by atoms with E-state index in [1.807, 2.05) is 12.1 Å². The summed E-state index contributed by atoms with van der Waals surface area (Å²) >= 11 is 2.10. The fraction of sp³-hybridized carbons (Fsp3) is 0. The lowest BCUT2D eigenvalue weighted by Gasteiger charge is -2.07. The number of rotatable bonds is 3. The van der Waals surface area contributed by atoms with E-state index in [0.717, 1.165) is 3.57 Å². The molecule has 0 unspecified atom stereocenters. The number of hydrogen-bond acceptors (Lipinski definition) is 4. The molecule has 2 rings (SSSR count). The second-order valence-corrected chi connectivity index (χ2v) is 4.21. The molecule has 0 spiro atoms. The second kappa shape index (κ2) is 5.09. The number of nitrogens with zero attached hydrogens (tertiary/aromatic N) is 2. The first kappa shape index (κ1) is 11.8. The molecule has 0 radical (unpaired) electrons. The maximum absolute atomic E-state index is 10.9. The van der Waals surface area contributed by atoms with E-state index in [-0.39, 0.29) is 11.6 Å². The van der Waals surface area contributed by atoms with Gasteiger partial charge < -0.3 is 9.84 Å². The van der Waals surface area contributed by atoms with Gasteiger partial charge in [-0.05, 0) is 34.7 Å². The summed E-state index contributed by atoms with van der Waals surface area (Å²) < 4.78 is 6.31. The van der Waals surface area contributed by atoms with E-state index in [1.54, 1.807) is 12.1 Å². The number of hydrogen-bond donors (Lipinski definition) is 1. The Bertz CT molecular complexity index is 560. The Morgan fingerprint density at radius 2 is 1.94 bits per heavy atom. The maximum Gasteiger partial charge on any atom is 0.360 e. The third-order valence-electron chi connectivity index (χ3n) is 1.91. The number of ether oxygens (including phenoxy) is 1. The normalized spacial score (nSPS) is 9.94. The Morgan fingerprint density at radius 1 is 1.24 bits per heavy atom. The topological polar surface area (TPSA) is 72.3 Å². The van der Waals surface area contributed by atoms with Crippen LogP contribution in [0.3, 0.4) is 0 Å². The highest BCUT2D eigenvalue weighted by molar-refractivity contribution is 14.1. The van der Waals surface area contributed by atoms with Gasteiger partial charge in [-0.2, -0.15) is 0 Å². The summed E-state index contributed by atoms with van der Waals surface area (Å²) in [5.41, 5.74) is -0.202. The fourth-order valence-corrected chi connectivity index (χ4v) is 1.68. The van der Waals surface area contributed by atoms with Gasteiger partial charge in [-0.25, -0.2) is 14.8 Å². The molecule has 1 heterocycles. The van der Waals surface area contributed by atoms with E-state index in [4.69, 9.17) is 9.84 Å². The minimum Gasteiger partial charge on any atom is -0.476 e. The number of para-hydroxylation sites is 1. The third-order valence-corrected chi connectivity index (χ3v) is 2.80. The van der Waals surface area contributed by atoms with E-state index < -0.39 is 5.97 Å². The highest BCUT2D eigenvalue weighted by atomic mass is 127. The first-order valence-corrected chi connectivity index (χ1v) is 5.73. The van der Waals surface area contributed by atoms with Gasteiger partial charge in [0.25, 0.3) is 5.88 Å². The molecule has 6 heteroatoms. The van der Waals surface area contributed by atoms with Crippen molar-refractivity contribution in [2.75, 3.05) is 0 Å². The minimum absolute atomic E-state index is 0.0101. The summed E-state index contributed by atoms with van der Waals surface area (Å²) in [5, 5.41) is 8.93. The molecule has 1 aromatic carbocycles. The van der Waals surface area contributed by atoms with Crippen molar-refractivity contribution < 1.29 is 14.6 Å². The Labute approximate surface area is 111 Å². The SMILES string of the molecule is O=C(O)c1nccnc1Oc1ccccc1I. The predicted octanol–water partition coefficient (Wildman–Crippen LogP) is 2.57. The molecule has 0 aliphatic rings. The molecule has 0 aliphatic carbocycles. The molecule has 2 aromatic rings. The van der Waals surface area contributed by atoms with E-state index in [2.05, 4.69) is 32.6 Å². The zero-order valence-corrected chi connectivity index (χ0v) is 10.7. The molecule has 17 heavy (non-hydrogen) atoms. The Morgan fingerprint density at radius 3 is 2.65 bits per heavy atom. The van der Waals surface area contributed by atoms with Crippen LogP contribution in [0.2, 0.25) is 0 Å². The van der Waals surface area contributed by atoms with Gasteiger partial charge in [-0.15, -0.1) is 0 Å². The molecule has 5 nitrogen and oxygen atoms in total. The maximum atomic E-state index is 10.9. The highest BCUT2D eigenvalue weighted by Crippen LogP contribution is 2.26. The van der Waals surface area contributed by atoms with Crippen LogP contribution >= 0.6 is 22.6 Å². The van der Waals surface area contributed by atoms with Gasteiger partial charge in [0.1, 0.15) is 5.75 Å². The van der Waals surface area contributed by atoms with Crippen LogP contribution in [-0.2, 0) is 0 Å². The summed E-state index contributed by atoms with van der Waals surface area (Å²) in [4.78, 5) is 18.5. The van der Waals surface area contributed by atoms with Gasteiger partial charge in [0, 0.05) is 12.4 Å². The number of carboxylic acids is 1. The smallest absolute Gasteiger partial charge is 0.360 e. The fourth-order valence-electron chi connectivity index (χ4n) is 1.18. The standard InChI is InChI=1S/C11H7IN2O3/c12-7-3-1-2-4-8(7)17-10-9(11(15)16)13-5-6-14-10/h1-6H,(H,15,16). The molecule has 1 aromatic heterocycles. The molecule has 0 saturated carbocycles. The number of carboxylic acid groups (broad SMARTS) is 1. The molecule has 0 aliphatic heterocycles. The molecule has 0 amide bonds. The van der Waals surface area contributed by atoms with Crippen molar-refractivity contribution in [3.63, 3.8) is 0 Å². The Balaban J connectivity index is 2.37. The highest BCUT2D eigenvalue weighted by Gasteiger charge is 2.15. The molecule has 86 valence electrons. The monoisotopic (exact) mass is 342 g/mol. The number of carbonyl (C=O) groups is 1. The molecule has 0 bridgehead atoms. The van der Waals surface area contributed by atoms with Crippen LogP contribution in [0.15, 0.2) is 36.7 Å². The van der Waals surface area contributed by atoms with E-state index in [0.29, 0.717) is 5.75 Å². The predicted molar refractivity (Wildman–Crippen MR) is 68.2 cm³/mol. The van der Waals surface area contributed by atoms with Gasteiger partial charge in [-0.1, -0.05) is 12.1 Å². The van der Waals surface area contributed by atoms with Crippen molar-refractivity contribution >= 4 is 28.6 Å². The molecule has 1 N–H and O–H groups in total. The molecule has 0 fully saturated rings. The van der Waals surface area contributed by atoms with Crippen molar-refractivity contribution in [1.29, 1.82) is 0 Å². The van der Waals surface area contributed by atoms with Gasteiger partial charge in [0.05, 0.1) is 3.57 Å². The molecule has 0 saturated heterocycles. The van der Waals surface area contributed by atoms with Crippen molar-refractivity contribution in [2.24, 2.45) is 0 Å². The summed E-state index contributed by atoms with van der Waals surface area (Å²) in [6, 6.07) is 7.26. The van der Waals surface area contributed by atoms with E-state index in [1.165, 1.54) is 12.4 Å². The minimum atomic E-state index is -1.17. The lowest BCUT2D eigenvalue weighted by molar-refractivity contribution is 0.0686. The number of halogens is 1. The molecular formula is C11H7IN2O3. The van der Waals surface area contributed by atoms with Crippen LogP contribution in [0.25, 0.3) is 0 Å². The Hall–Kier alpha value is -1.70. The number of benzene rings is 1. The van der Waals surface area contributed by atoms with Crippen molar-refractivity contribution in [1.82, 2.24) is 9.97 Å². The zero-order chi connectivity index (χ0) is 12.3. The zero-order valence-electron chi connectivity index (χ0n) is 8.50. The lowest BCUT2D eigenvalue weighted by Crippen LogP contribution is -2.04. The summed E-state index contributed by atoms with van der Waals surface area (Å²) in [6.45, 7) is 0.